The van der Waals surface area contributed by atoms with Crippen LogP contribution in [-0.4, -0.2) is 6.34 Å². The molecule has 1 aliphatic rings. The summed E-state index contributed by atoms with van der Waals surface area (Å²) in [5.74, 6) is 0. The zero-order valence-corrected chi connectivity index (χ0v) is 7.64. The molecule has 12 heavy (non-hydrogen) atoms. The van der Waals surface area contributed by atoms with Crippen molar-refractivity contribution in [3.63, 3.8) is 0 Å². The molecule has 1 atom stereocenters. The smallest absolute Gasteiger partial charge is 0.0886 e. The van der Waals surface area contributed by atoms with Crippen LogP contribution in [0.3, 0.4) is 0 Å². The van der Waals surface area contributed by atoms with Crippen LogP contribution in [-0.2, 0) is 0 Å². The maximum Gasteiger partial charge on any atom is 0.0886 e. The predicted molar refractivity (Wildman–Crippen MR) is 52.6 cm³/mol. The second-order valence-electron chi connectivity index (χ2n) is 2.73. The largest absolute Gasteiger partial charge is 0.365 e. The van der Waals surface area contributed by atoms with Gasteiger partial charge < -0.3 is 5.32 Å². The molecule has 0 fully saturated rings. The Morgan fingerprint density at radius 3 is 3.08 bits per heavy atom. The van der Waals surface area contributed by atoms with Crippen molar-refractivity contribution in [1.82, 2.24) is 5.32 Å². The summed E-state index contributed by atoms with van der Waals surface area (Å²) < 4.78 is 0. The SMILES string of the molecule is Cc1ccsc1C1C=CN=CN1. The van der Waals surface area contributed by atoms with Crippen LogP contribution in [0, 0.1) is 6.92 Å². The average molecular weight is 178 g/mol. The van der Waals surface area contributed by atoms with E-state index in [2.05, 4.69) is 34.8 Å². The van der Waals surface area contributed by atoms with Gasteiger partial charge in [-0.05, 0) is 30.0 Å². The van der Waals surface area contributed by atoms with E-state index in [-0.39, 0.29) is 0 Å². The van der Waals surface area contributed by atoms with Gasteiger partial charge in [-0.3, -0.25) is 0 Å². The first kappa shape index (κ1) is 7.55. The molecule has 2 nitrogen and oxygen atoms in total. The van der Waals surface area contributed by atoms with Gasteiger partial charge in [0, 0.05) is 11.1 Å². The van der Waals surface area contributed by atoms with E-state index in [1.54, 1.807) is 17.7 Å². The minimum atomic E-state index is 0.322. The monoisotopic (exact) mass is 178 g/mol. The molecule has 0 spiro atoms. The molecule has 0 radical (unpaired) electrons. The summed E-state index contributed by atoms with van der Waals surface area (Å²) in [4.78, 5) is 5.33. The van der Waals surface area contributed by atoms with E-state index in [4.69, 9.17) is 0 Å². The fraction of sp³-hybridized carbons (Fsp3) is 0.222. The molecule has 0 bridgehead atoms. The van der Waals surface area contributed by atoms with Crippen molar-refractivity contribution < 1.29 is 0 Å². The summed E-state index contributed by atoms with van der Waals surface area (Å²) in [5.41, 5.74) is 1.34. The van der Waals surface area contributed by atoms with Gasteiger partial charge in [0.15, 0.2) is 0 Å². The number of rotatable bonds is 1. The van der Waals surface area contributed by atoms with E-state index < -0.39 is 0 Å². The molecule has 62 valence electrons. The van der Waals surface area contributed by atoms with E-state index in [1.165, 1.54) is 10.4 Å². The fourth-order valence-electron chi connectivity index (χ4n) is 1.22. The zero-order chi connectivity index (χ0) is 8.39. The summed E-state index contributed by atoms with van der Waals surface area (Å²) in [5, 5.41) is 5.31. The van der Waals surface area contributed by atoms with Gasteiger partial charge in [-0.2, -0.15) is 0 Å². The molecule has 1 aliphatic heterocycles. The second kappa shape index (κ2) is 3.11. The van der Waals surface area contributed by atoms with Gasteiger partial charge in [-0.15, -0.1) is 11.3 Å². The quantitative estimate of drug-likeness (QED) is 0.700. The van der Waals surface area contributed by atoms with Crippen molar-refractivity contribution in [2.24, 2.45) is 4.99 Å². The molecule has 0 saturated carbocycles. The van der Waals surface area contributed by atoms with Crippen molar-refractivity contribution in [2.75, 3.05) is 0 Å². The topological polar surface area (TPSA) is 24.4 Å². The van der Waals surface area contributed by atoms with Gasteiger partial charge in [0.1, 0.15) is 0 Å². The fourth-order valence-corrected chi connectivity index (χ4v) is 2.19. The Kier molecular flexibility index (Phi) is 1.96. The molecule has 0 amide bonds. The maximum atomic E-state index is 3.95. The number of hydrogen-bond acceptors (Lipinski definition) is 3. The molecule has 2 rings (SSSR count). The number of nitrogens with zero attached hydrogens (tertiary/aromatic N) is 1. The first-order valence-electron chi connectivity index (χ1n) is 3.86. The van der Waals surface area contributed by atoms with Crippen molar-refractivity contribution in [3.05, 3.63) is 34.2 Å². The number of nitrogens with one attached hydrogen (secondary N) is 1. The van der Waals surface area contributed by atoms with Gasteiger partial charge in [0.2, 0.25) is 0 Å². The highest BCUT2D eigenvalue weighted by atomic mass is 32.1. The van der Waals surface area contributed by atoms with Crippen molar-refractivity contribution in [3.8, 4) is 0 Å². The Morgan fingerprint density at radius 2 is 2.50 bits per heavy atom. The standard InChI is InChI=1S/C9H10N2S/c1-7-3-5-12-9(7)8-2-4-10-6-11-8/h2-6,8H,1H3,(H,10,11). The molecular weight excluding hydrogens is 168 g/mol. The molecule has 3 heteroatoms. The molecule has 1 aromatic heterocycles. The molecular formula is C9H10N2S. The van der Waals surface area contributed by atoms with Crippen LogP contribution in [0.5, 0.6) is 0 Å². The van der Waals surface area contributed by atoms with E-state index in [9.17, 15) is 0 Å². The van der Waals surface area contributed by atoms with Crippen LogP contribution in [0.2, 0.25) is 0 Å². The highest BCUT2D eigenvalue weighted by Crippen LogP contribution is 2.25. The van der Waals surface area contributed by atoms with Crippen LogP contribution >= 0.6 is 11.3 Å². The Hall–Kier alpha value is -1.09. The summed E-state index contributed by atoms with van der Waals surface area (Å²) in [6.45, 7) is 2.13. The molecule has 1 N–H and O–H groups in total. The summed E-state index contributed by atoms with van der Waals surface area (Å²) in [6, 6.07) is 2.46. The van der Waals surface area contributed by atoms with E-state index in [1.807, 2.05) is 6.20 Å². The van der Waals surface area contributed by atoms with Gasteiger partial charge in [0.25, 0.3) is 0 Å². The number of aryl methyl sites for hydroxylation is 1. The van der Waals surface area contributed by atoms with E-state index >= 15 is 0 Å². The van der Waals surface area contributed by atoms with E-state index in [0.717, 1.165) is 0 Å². The molecule has 0 aliphatic carbocycles. The Morgan fingerprint density at radius 1 is 1.58 bits per heavy atom. The van der Waals surface area contributed by atoms with Crippen molar-refractivity contribution in [1.29, 1.82) is 0 Å². The van der Waals surface area contributed by atoms with Crippen molar-refractivity contribution >= 4 is 17.7 Å². The summed E-state index contributed by atoms with van der Waals surface area (Å²) in [7, 11) is 0. The lowest BCUT2D eigenvalue weighted by molar-refractivity contribution is 0.801. The highest BCUT2D eigenvalue weighted by molar-refractivity contribution is 7.10. The third-order valence-electron chi connectivity index (χ3n) is 1.88. The van der Waals surface area contributed by atoms with Crippen LogP contribution < -0.4 is 5.32 Å². The predicted octanol–water partition coefficient (Wildman–Crippen LogP) is 2.24. The molecule has 1 unspecified atom stereocenters. The van der Waals surface area contributed by atoms with Gasteiger partial charge in [-0.25, -0.2) is 4.99 Å². The second-order valence-corrected chi connectivity index (χ2v) is 3.68. The maximum absolute atomic E-state index is 3.95. The van der Waals surface area contributed by atoms with Gasteiger partial charge in [0.05, 0.1) is 12.4 Å². The Bertz CT molecular complexity index is 325. The van der Waals surface area contributed by atoms with Crippen LogP contribution in [0.15, 0.2) is 28.7 Å². The third kappa shape index (κ3) is 1.28. The lowest BCUT2D eigenvalue weighted by Crippen LogP contribution is -2.19. The number of aliphatic imine (C=N–C) groups is 1. The molecule has 2 heterocycles. The van der Waals surface area contributed by atoms with Crippen LogP contribution in [0.4, 0.5) is 0 Å². The van der Waals surface area contributed by atoms with Crippen molar-refractivity contribution in [2.45, 2.75) is 13.0 Å². The van der Waals surface area contributed by atoms with E-state index in [0.29, 0.717) is 6.04 Å². The van der Waals surface area contributed by atoms with Crippen LogP contribution in [0.1, 0.15) is 16.5 Å². The third-order valence-corrected chi connectivity index (χ3v) is 2.98. The van der Waals surface area contributed by atoms with Crippen LogP contribution in [0.25, 0.3) is 0 Å². The number of hydrogen-bond donors (Lipinski definition) is 1. The summed E-state index contributed by atoms with van der Waals surface area (Å²) in [6.07, 6.45) is 5.64. The number of thiophene rings is 1. The minimum Gasteiger partial charge on any atom is -0.365 e. The molecule has 1 aromatic rings. The highest BCUT2D eigenvalue weighted by Gasteiger charge is 2.11. The molecule has 0 aromatic carbocycles. The first-order valence-corrected chi connectivity index (χ1v) is 4.74. The summed E-state index contributed by atoms with van der Waals surface area (Å²) >= 11 is 1.78. The average Bonchev–Trinajstić information content (AvgIpc) is 2.53. The minimum absolute atomic E-state index is 0.322. The zero-order valence-electron chi connectivity index (χ0n) is 6.82. The Balaban J connectivity index is 2.26. The lowest BCUT2D eigenvalue weighted by Gasteiger charge is -2.13. The lowest BCUT2D eigenvalue weighted by atomic mass is 10.1. The van der Waals surface area contributed by atoms with Gasteiger partial charge in [-0.1, -0.05) is 0 Å². The Labute approximate surface area is 75.6 Å². The molecule has 0 saturated heterocycles. The van der Waals surface area contributed by atoms with Gasteiger partial charge >= 0.3 is 0 Å². The normalized spacial score (nSPS) is 20.9. The first-order chi connectivity index (χ1) is 5.88.